The van der Waals surface area contributed by atoms with Crippen LogP contribution in [0.1, 0.15) is 19.8 Å². The molecule has 2 rings (SSSR count). The molecule has 3 heteroatoms. The van der Waals surface area contributed by atoms with Crippen molar-refractivity contribution in [1.29, 1.82) is 0 Å². The summed E-state index contributed by atoms with van der Waals surface area (Å²) in [6.45, 7) is 2.78. The second-order valence-electron chi connectivity index (χ2n) is 4.22. The van der Waals surface area contributed by atoms with E-state index in [0.29, 0.717) is 23.9 Å². The molecule has 3 nitrogen and oxygen atoms in total. The summed E-state index contributed by atoms with van der Waals surface area (Å²) >= 11 is 0. The lowest BCUT2D eigenvalue weighted by molar-refractivity contribution is 0.293. The minimum Gasteiger partial charge on any atom is -0.504 e. The average molecular weight is 258 g/mol. The molecule has 0 saturated carbocycles. The van der Waals surface area contributed by atoms with Gasteiger partial charge >= 0.3 is 0 Å². The number of phenols is 1. The highest BCUT2D eigenvalue weighted by molar-refractivity contribution is 5.46. The minimum atomic E-state index is 0.117. The van der Waals surface area contributed by atoms with Gasteiger partial charge in [-0.15, -0.1) is 0 Å². The first kappa shape index (κ1) is 13.3. The molecule has 0 bridgehead atoms. The SMILES string of the molecule is CCCCOc1ccccc1Oc1ccccc1O. The van der Waals surface area contributed by atoms with Crippen LogP contribution in [-0.2, 0) is 0 Å². The quantitative estimate of drug-likeness (QED) is 0.782. The van der Waals surface area contributed by atoms with E-state index in [0.717, 1.165) is 12.8 Å². The summed E-state index contributed by atoms with van der Waals surface area (Å²) in [5.41, 5.74) is 0. The molecular weight excluding hydrogens is 240 g/mol. The Bertz CT molecular complexity index is 523. The minimum absolute atomic E-state index is 0.117. The molecule has 0 amide bonds. The summed E-state index contributed by atoms with van der Waals surface area (Å²) in [5, 5.41) is 9.71. The van der Waals surface area contributed by atoms with Crippen LogP contribution in [0.15, 0.2) is 48.5 Å². The maximum absolute atomic E-state index is 9.71. The third-order valence-corrected chi connectivity index (χ3v) is 2.69. The monoisotopic (exact) mass is 258 g/mol. The topological polar surface area (TPSA) is 38.7 Å². The fourth-order valence-corrected chi connectivity index (χ4v) is 1.64. The van der Waals surface area contributed by atoms with E-state index < -0.39 is 0 Å². The van der Waals surface area contributed by atoms with E-state index in [9.17, 15) is 5.11 Å². The summed E-state index contributed by atoms with van der Waals surface area (Å²) in [5.74, 6) is 1.85. The first-order chi connectivity index (χ1) is 9.31. The Balaban J connectivity index is 2.13. The third-order valence-electron chi connectivity index (χ3n) is 2.69. The molecule has 100 valence electrons. The fourth-order valence-electron chi connectivity index (χ4n) is 1.64. The molecule has 0 heterocycles. The molecule has 0 fully saturated rings. The first-order valence-electron chi connectivity index (χ1n) is 6.49. The zero-order chi connectivity index (χ0) is 13.5. The van der Waals surface area contributed by atoms with Gasteiger partial charge in [0.05, 0.1) is 6.61 Å². The highest BCUT2D eigenvalue weighted by atomic mass is 16.5. The molecule has 0 aliphatic heterocycles. The van der Waals surface area contributed by atoms with Crippen LogP contribution in [0, 0.1) is 0 Å². The summed E-state index contributed by atoms with van der Waals surface area (Å²) in [6, 6.07) is 14.4. The van der Waals surface area contributed by atoms with Crippen LogP contribution in [0.3, 0.4) is 0 Å². The molecule has 0 aromatic heterocycles. The molecule has 0 aliphatic carbocycles. The number of para-hydroxylation sites is 4. The zero-order valence-corrected chi connectivity index (χ0v) is 11.0. The van der Waals surface area contributed by atoms with Gasteiger partial charge in [0.1, 0.15) is 0 Å². The lowest BCUT2D eigenvalue weighted by Crippen LogP contribution is -1.98. The molecule has 0 unspecified atom stereocenters. The molecule has 0 atom stereocenters. The molecule has 0 saturated heterocycles. The van der Waals surface area contributed by atoms with Crippen molar-refractivity contribution in [3.63, 3.8) is 0 Å². The lowest BCUT2D eigenvalue weighted by atomic mass is 10.3. The molecule has 0 radical (unpaired) electrons. The number of rotatable bonds is 6. The Morgan fingerprint density at radius 3 is 2.21 bits per heavy atom. The van der Waals surface area contributed by atoms with Crippen molar-refractivity contribution >= 4 is 0 Å². The van der Waals surface area contributed by atoms with E-state index in [1.54, 1.807) is 18.2 Å². The van der Waals surface area contributed by atoms with Crippen molar-refractivity contribution in [3.8, 4) is 23.0 Å². The van der Waals surface area contributed by atoms with Crippen LogP contribution in [-0.4, -0.2) is 11.7 Å². The maximum atomic E-state index is 9.71. The van der Waals surface area contributed by atoms with Gasteiger partial charge in [-0.25, -0.2) is 0 Å². The third kappa shape index (κ3) is 3.65. The van der Waals surface area contributed by atoms with Crippen molar-refractivity contribution in [2.45, 2.75) is 19.8 Å². The van der Waals surface area contributed by atoms with Gasteiger partial charge in [-0.3, -0.25) is 0 Å². The standard InChI is InChI=1S/C16H18O3/c1-2-3-12-18-15-10-6-7-11-16(15)19-14-9-5-4-8-13(14)17/h4-11,17H,2-3,12H2,1H3. The van der Waals surface area contributed by atoms with Gasteiger partial charge in [-0.2, -0.15) is 0 Å². The maximum Gasteiger partial charge on any atom is 0.169 e. The molecular formula is C16H18O3. The molecule has 2 aromatic carbocycles. The summed E-state index contributed by atoms with van der Waals surface area (Å²) in [6.07, 6.45) is 2.09. The predicted octanol–water partition coefficient (Wildman–Crippen LogP) is 4.36. The zero-order valence-electron chi connectivity index (χ0n) is 11.0. The number of hydrogen-bond donors (Lipinski definition) is 1. The number of phenolic OH excluding ortho intramolecular Hbond substituents is 1. The number of benzene rings is 2. The van der Waals surface area contributed by atoms with Crippen LogP contribution < -0.4 is 9.47 Å². The Morgan fingerprint density at radius 2 is 1.53 bits per heavy atom. The smallest absolute Gasteiger partial charge is 0.169 e. The van der Waals surface area contributed by atoms with Crippen LogP contribution in [0.2, 0.25) is 0 Å². The largest absolute Gasteiger partial charge is 0.504 e. The van der Waals surface area contributed by atoms with E-state index in [1.807, 2.05) is 30.3 Å². The molecule has 19 heavy (non-hydrogen) atoms. The Morgan fingerprint density at radius 1 is 0.895 bits per heavy atom. The van der Waals surface area contributed by atoms with Crippen LogP contribution in [0.4, 0.5) is 0 Å². The second kappa shape index (κ2) is 6.69. The van der Waals surface area contributed by atoms with Gasteiger partial charge in [0.2, 0.25) is 0 Å². The summed E-state index contributed by atoms with van der Waals surface area (Å²) < 4.78 is 11.4. The highest BCUT2D eigenvalue weighted by Gasteiger charge is 2.07. The highest BCUT2D eigenvalue weighted by Crippen LogP contribution is 2.35. The van der Waals surface area contributed by atoms with Gasteiger partial charge in [0, 0.05) is 0 Å². The molecule has 2 aromatic rings. The normalized spacial score (nSPS) is 10.2. The van der Waals surface area contributed by atoms with Crippen molar-refractivity contribution in [2.75, 3.05) is 6.61 Å². The lowest BCUT2D eigenvalue weighted by Gasteiger charge is -2.12. The van der Waals surface area contributed by atoms with Crippen LogP contribution in [0.5, 0.6) is 23.0 Å². The number of unbranched alkanes of at least 4 members (excludes halogenated alkanes) is 1. The Labute approximate surface area is 113 Å². The number of ether oxygens (including phenoxy) is 2. The second-order valence-corrected chi connectivity index (χ2v) is 4.22. The van der Waals surface area contributed by atoms with Gasteiger partial charge in [-0.1, -0.05) is 37.6 Å². The number of hydrogen-bond acceptors (Lipinski definition) is 3. The Hall–Kier alpha value is -2.16. The van der Waals surface area contributed by atoms with Crippen molar-refractivity contribution in [3.05, 3.63) is 48.5 Å². The number of aromatic hydroxyl groups is 1. The van der Waals surface area contributed by atoms with Gasteiger partial charge in [0.15, 0.2) is 23.0 Å². The van der Waals surface area contributed by atoms with Gasteiger partial charge in [0.25, 0.3) is 0 Å². The summed E-state index contributed by atoms with van der Waals surface area (Å²) in [7, 11) is 0. The van der Waals surface area contributed by atoms with E-state index in [1.165, 1.54) is 0 Å². The average Bonchev–Trinajstić information content (AvgIpc) is 2.43. The van der Waals surface area contributed by atoms with E-state index in [-0.39, 0.29) is 5.75 Å². The van der Waals surface area contributed by atoms with Crippen molar-refractivity contribution < 1.29 is 14.6 Å². The van der Waals surface area contributed by atoms with E-state index >= 15 is 0 Å². The van der Waals surface area contributed by atoms with E-state index in [2.05, 4.69) is 6.92 Å². The molecule has 1 N–H and O–H groups in total. The van der Waals surface area contributed by atoms with Gasteiger partial charge < -0.3 is 14.6 Å². The van der Waals surface area contributed by atoms with Crippen LogP contribution >= 0.6 is 0 Å². The van der Waals surface area contributed by atoms with Crippen molar-refractivity contribution in [2.24, 2.45) is 0 Å². The van der Waals surface area contributed by atoms with Crippen LogP contribution in [0.25, 0.3) is 0 Å². The summed E-state index contributed by atoms with van der Waals surface area (Å²) in [4.78, 5) is 0. The van der Waals surface area contributed by atoms with Gasteiger partial charge in [-0.05, 0) is 30.7 Å². The fraction of sp³-hybridized carbons (Fsp3) is 0.250. The predicted molar refractivity (Wildman–Crippen MR) is 75.0 cm³/mol. The first-order valence-corrected chi connectivity index (χ1v) is 6.49. The Kier molecular flexibility index (Phi) is 4.67. The van der Waals surface area contributed by atoms with E-state index in [4.69, 9.17) is 9.47 Å². The molecule has 0 aliphatic rings. The van der Waals surface area contributed by atoms with Crippen molar-refractivity contribution in [1.82, 2.24) is 0 Å². The molecule has 0 spiro atoms.